The summed E-state index contributed by atoms with van der Waals surface area (Å²) in [4.78, 5) is 5.27. The average molecular weight is 268 g/mol. The molecule has 0 aliphatic heterocycles. The van der Waals surface area contributed by atoms with Gasteiger partial charge in [0, 0.05) is 17.7 Å². The molecule has 2 aromatic carbocycles. The lowest BCUT2D eigenvalue weighted by Gasteiger charge is -2.08. The van der Waals surface area contributed by atoms with Gasteiger partial charge in [0.1, 0.15) is 12.3 Å². The molecule has 0 saturated heterocycles. The largest absolute Gasteiger partial charge is 0.394 e. The van der Waals surface area contributed by atoms with Crippen molar-refractivity contribution in [2.24, 2.45) is 10.9 Å². The van der Waals surface area contributed by atoms with Crippen molar-refractivity contribution in [3.63, 3.8) is 0 Å². The quantitative estimate of drug-likeness (QED) is 0.497. The standard InChI is InChI=1S/C17H20N2O/c1-2-14-8-10-16(11-9-14)17(19-20-13-12-18)15-6-4-3-5-7-15/h3-11H,2,12-13,18H2,1H3/b19-17-. The van der Waals surface area contributed by atoms with Crippen molar-refractivity contribution in [1.29, 1.82) is 0 Å². The van der Waals surface area contributed by atoms with E-state index in [-0.39, 0.29) is 0 Å². The first-order valence-corrected chi connectivity index (χ1v) is 6.90. The third kappa shape index (κ3) is 3.68. The summed E-state index contributed by atoms with van der Waals surface area (Å²) in [5.41, 5.74) is 9.66. The van der Waals surface area contributed by atoms with E-state index in [1.54, 1.807) is 0 Å². The molecule has 20 heavy (non-hydrogen) atoms. The van der Waals surface area contributed by atoms with Crippen LogP contribution in [0.25, 0.3) is 0 Å². The Morgan fingerprint density at radius 2 is 1.65 bits per heavy atom. The Bertz CT molecular complexity index is 547. The van der Waals surface area contributed by atoms with Crippen molar-refractivity contribution < 1.29 is 4.84 Å². The maximum Gasteiger partial charge on any atom is 0.129 e. The summed E-state index contributed by atoms with van der Waals surface area (Å²) >= 11 is 0. The SMILES string of the molecule is CCc1ccc(/C(=N\OCCN)c2ccccc2)cc1. The Hall–Kier alpha value is -2.13. The minimum atomic E-state index is 0.420. The van der Waals surface area contributed by atoms with Crippen LogP contribution in [0.2, 0.25) is 0 Å². The van der Waals surface area contributed by atoms with Gasteiger partial charge in [-0.2, -0.15) is 0 Å². The second-order valence-corrected chi connectivity index (χ2v) is 4.48. The molecule has 2 N–H and O–H groups in total. The number of nitrogens with zero attached hydrogens (tertiary/aromatic N) is 1. The van der Waals surface area contributed by atoms with Gasteiger partial charge in [0.15, 0.2) is 0 Å². The van der Waals surface area contributed by atoms with E-state index in [1.165, 1.54) is 5.56 Å². The second kappa shape index (κ2) is 7.46. The lowest BCUT2D eigenvalue weighted by molar-refractivity contribution is 0.152. The number of aryl methyl sites for hydroxylation is 1. The number of benzene rings is 2. The summed E-state index contributed by atoms with van der Waals surface area (Å²) in [5, 5.41) is 4.25. The van der Waals surface area contributed by atoms with Crippen LogP contribution in [0.1, 0.15) is 23.6 Å². The Kier molecular flexibility index (Phi) is 5.33. The van der Waals surface area contributed by atoms with Crippen LogP contribution in [-0.2, 0) is 11.3 Å². The molecule has 0 radical (unpaired) electrons. The van der Waals surface area contributed by atoms with E-state index in [0.29, 0.717) is 13.2 Å². The molecule has 0 unspecified atom stereocenters. The van der Waals surface area contributed by atoms with Gasteiger partial charge >= 0.3 is 0 Å². The number of hydrogen-bond acceptors (Lipinski definition) is 3. The molecule has 0 bridgehead atoms. The molecule has 0 aliphatic rings. The number of hydrogen-bond donors (Lipinski definition) is 1. The van der Waals surface area contributed by atoms with Gasteiger partial charge in [-0.25, -0.2) is 0 Å². The highest BCUT2D eigenvalue weighted by atomic mass is 16.6. The fraction of sp³-hybridized carbons (Fsp3) is 0.235. The van der Waals surface area contributed by atoms with Crippen LogP contribution in [0, 0.1) is 0 Å². The maximum absolute atomic E-state index is 5.44. The van der Waals surface area contributed by atoms with Gasteiger partial charge in [0.05, 0.1) is 0 Å². The highest BCUT2D eigenvalue weighted by molar-refractivity contribution is 6.12. The van der Waals surface area contributed by atoms with Crippen molar-refractivity contribution in [3.8, 4) is 0 Å². The van der Waals surface area contributed by atoms with E-state index in [0.717, 1.165) is 23.3 Å². The smallest absolute Gasteiger partial charge is 0.129 e. The molecule has 0 aliphatic carbocycles. The predicted octanol–water partition coefficient (Wildman–Crippen LogP) is 2.98. The topological polar surface area (TPSA) is 47.6 Å². The summed E-state index contributed by atoms with van der Waals surface area (Å²) in [7, 11) is 0. The minimum Gasteiger partial charge on any atom is -0.394 e. The van der Waals surface area contributed by atoms with Gasteiger partial charge in [-0.1, -0.05) is 66.7 Å². The van der Waals surface area contributed by atoms with Gasteiger partial charge in [-0.15, -0.1) is 0 Å². The van der Waals surface area contributed by atoms with Crippen LogP contribution in [0.3, 0.4) is 0 Å². The molecule has 2 rings (SSSR count). The zero-order valence-electron chi connectivity index (χ0n) is 11.8. The summed E-state index contributed by atoms with van der Waals surface area (Å²) in [6.07, 6.45) is 1.03. The van der Waals surface area contributed by atoms with Crippen LogP contribution in [0.4, 0.5) is 0 Å². The highest BCUT2D eigenvalue weighted by Gasteiger charge is 2.07. The molecule has 0 spiro atoms. The molecule has 0 saturated carbocycles. The van der Waals surface area contributed by atoms with Crippen LogP contribution in [0.15, 0.2) is 59.8 Å². The van der Waals surface area contributed by atoms with Gasteiger partial charge < -0.3 is 10.6 Å². The lowest BCUT2D eigenvalue weighted by atomic mass is 10.0. The summed E-state index contributed by atoms with van der Waals surface area (Å²) in [6, 6.07) is 18.4. The Morgan fingerprint density at radius 3 is 2.25 bits per heavy atom. The fourth-order valence-electron chi connectivity index (χ4n) is 1.93. The van der Waals surface area contributed by atoms with Crippen LogP contribution in [0.5, 0.6) is 0 Å². The molecular weight excluding hydrogens is 248 g/mol. The van der Waals surface area contributed by atoms with E-state index < -0.39 is 0 Å². The molecule has 3 nitrogen and oxygen atoms in total. The van der Waals surface area contributed by atoms with E-state index in [2.05, 4.69) is 36.3 Å². The zero-order chi connectivity index (χ0) is 14.2. The van der Waals surface area contributed by atoms with Gasteiger partial charge in [-0.3, -0.25) is 0 Å². The predicted molar refractivity (Wildman–Crippen MR) is 82.9 cm³/mol. The Labute approximate surface area is 120 Å². The highest BCUT2D eigenvalue weighted by Crippen LogP contribution is 2.13. The third-order valence-electron chi connectivity index (χ3n) is 3.05. The molecule has 104 valence electrons. The first-order chi connectivity index (χ1) is 9.85. The fourth-order valence-corrected chi connectivity index (χ4v) is 1.93. The summed E-state index contributed by atoms with van der Waals surface area (Å²) < 4.78 is 0. The van der Waals surface area contributed by atoms with Crippen molar-refractivity contribution >= 4 is 5.71 Å². The molecule has 0 aromatic heterocycles. The van der Waals surface area contributed by atoms with Crippen molar-refractivity contribution in [3.05, 3.63) is 71.3 Å². The number of rotatable bonds is 6. The average Bonchev–Trinajstić information content (AvgIpc) is 2.53. The van der Waals surface area contributed by atoms with Crippen molar-refractivity contribution in [2.75, 3.05) is 13.2 Å². The van der Waals surface area contributed by atoms with Gasteiger partial charge in [0.2, 0.25) is 0 Å². The van der Waals surface area contributed by atoms with Gasteiger partial charge in [0.25, 0.3) is 0 Å². The molecule has 0 heterocycles. The third-order valence-corrected chi connectivity index (χ3v) is 3.05. The lowest BCUT2D eigenvalue weighted by Crippen LogP contribution is -2.09. The van der Waals surface area contributed by atoms with Crippen LogP contribution >= 0.6 is 0 Å². The van der Waals surface area contributed by atoms with Crippen LogP contribution < -0.4 is 5.73 Å². The van der Waals surface area contributed by atoms with Crippen molar-refractivity contribution in [1.82, 2.24) is 0 Å². The van der Waals surface area contributed by atoms with E-state index >= 15 is 0 Å². The Morgan fingerprint density at radius 1 is 1.00 bits per heavy atom. The maximum atomic E-state index is 5.44. The normalized spacial score (nSPS) is 11.4. The summed E-state index contributed by atoms with van der Waals surface area (Å²) in [5.74, 6) is 0. The molecule has 0 fully saturated rings. The molecular formula is C17H20N2O. The second-order valence-electron chi connectivity index (χ2n) is 4.48. The minimum absolute atomic E-state index is 0.420. The van der Waals surface area contributed by atoms with Crippen LogP contribution in [-0.4, -0.2) is 18.9 Å². The molecule has 0 amide bonds. The van der Waals surface area contributed by atoms with E-state index in [9.17, 15) is 0 Å². The van der Waals surface area contributed by atoms with E-state index in [4.69, 9.17) is 10.6 Å². The zero-order valence-corrected chi connectivity index (χ0v) is 11.8. The Balaban J connectivity index is 2.32. The van der Waals surface area contributed by atoms with Crippen molar-refractivity contribution in [2.45, 2.75) is 13.3 Å². The van der Waals surface area contributed by atoms with Gasteiger partial charge in [-0.05, 0) is 12.0 Å². The van der Waals surface area contributed by atoms with E-state index in [1.807, 2.05) is 30.3 Å². The molecule has 0 atom stereocenters. The summed E-state index contributed by atoms with van der Waals surface area (Å²) in [6.45, 7) is 3.02. The number of nitrogens with two attached hydrogens (primary N) is 1. The number of oxime groups is 1. The first kappa shape index (κ1) is 14.3. The monoisotopic (exact) mass is 268 g/mol. The molecule has 2 aromatic rings. The first-order valence-electron chi connectivity index (χ1n) is 6.90. The molecule has 3 heteroatoms.